The molecule has 0 bridgehead atoms. The Balaban J connectivity index is 1.89. The van der Waals surface area contributed by atoms with Crippen LogP contribution in [0.4, 0.5) is 15.3 Å². The molecule has 0 atom stereocenters. The van der Waals surface area contributed by atoms with Crippen LogP contribution in [0.25, 0.3) is 0 Å². The maximum absolute atomic E-state index is 13.4. The van der Waals surface area contributed by atoms with Gasteiger partial charge in [0.1, 0.15) is 5.75 Å². The predicted molar refractivity (Wildman–Crippen MR) is 147 cm³/mol. The lowest BCUT2D eigenvalue weighted by atomic mass is 10.0. The summed E-state index contributed by atoms with van der Waals surface area (Å²) in [5.41, 5.74) is 3.04. The van der Waals surface area contributed by atoms with Gasteiger partial charge < -0.3 is 25.4 Å². The van der Waals surface area contributed by atoms with E-state index in [2.05, 4.69) is 22.5 Å². The van der Waals surface area contributed by atoms with E-state index in [1.165, 1.54) is 17.4 Å². The van der Waals surface area contributed by atoms with E-state index < -0.39 is 17.7 Å². The van der Waals surface area contributed by atoms with Gasteiger partial charge in [0, 0.05) is 41.2 Å². The summed E-state index contributed by atoms with van der Waals surface area (Å²) < 4.78 is 5.87. The number of aromatic hydroxyl groups is 1. The Bertz CT molecular complexity index is 1160. The fourth-order valence-corrected chi connectivity index (χ4v) is 4.31. The van der Waals surface area contributed by atoms with Gasteiger partial charge in [0.05, 0.1) is 17.7 Å². The van der Waals surface area contributed by atoms with Gasteiger partial charge in [-0.3, -0.25) is 4.98 Å². The number of thiazole rings is 1. The zero-order valence-corrected chi connectivity index (χ0v) is 22.7. The fraction of sp³-hybridized carbons (Fsp3) is 0.393. The first-order chi connectivity index (χ1) is 17.6. The van der Waals surface area contributed by atoms with E-state index >= 15 is 0 Å². The highest BCUT2D eigenvalue weighted by Gasteiger charge is 2.22. The minimum absolute atomic E-state index is 0.000766. The standard InChI is InChI=1S/C28H36N4O4S/c1-5-6-10-13-32(18-22-17-29-19-37-22)27(35)36-25-15-21(14-20-11-8-7-9-12-20)24(33)16-23(25)30-26(34)31-28(2,3)4/h7-9,11-12,15-17,19,33H,5-6,10,13-14,18H2,1-4H3,(H2,30,31,34). The van der Waals surface area contributed by atoms with Gasteiger partial charge in [0.2, 0.25) is 0 Å². The van der Waals surface area contributed by atoms with E-state index in [9.17, 15) is 14.7 Å². The number of phenols is 1. The first-order valence-electron chi connectivity index (χ1n) is 12.5. The first kappa shape index (κ1) is 28.0. The molecule has 37 heavy (non-hydrogen) atoms. The lowest BCUT2D eigenvalue weighted by molar-refractivity contribution is 0.149. The molecule has 0 aliphatic rings. The van der Waals surface area contributed by atoms with Gasteiger partial charge in [-0.15, -0.1) is 11.3 Å². The molecular formula is C28H36N4O4S. The summed E-state index contributed by atoms with van der Waals surface area (Å²) in [4.78, 5) is 32.7. The first-order valence-corrected chi connectivity index (χ1v) is 13.4. The van der Waals surface area contributed by atoms with Crippen LogP contribution in [-0.2, 0) is 13.0 Å². The van der Waals surface area contributed by atoms with Crippen LogP contribution < -0.4 is 15.4 Å². The molecule has 0 spiro atoms. The Labute approximate surface area is 222 Å². The molecule has 1 aromatic heterocycles. The molecule has 3 N–H and O–H groups in total. The number of phenolic OH excluding ortho intramolecular Hbond substituents is 1. The molecule has 3 aromatic rings. The average Bonchev–Trinajstić information content (AvgIpc) is 3.34. The van der Waals surface area contributed by atoms with Gasteiger partial charge >= 0.3 is 12.1 Å². The zero-order valence-electron chi connectivity index (χ0n) is 21.9. The maximum Gasteiger partial charge on any atom is 0.415 e. The third-order valence-corrected chi connectivity index (χ3v) is 6.24. The molecule has 3 rings (SSSR count). The molecule has 0 unspecified atom stereocenters. The SMILES string of the molecule is CCCCCN(Cc1cncs1)C(=O)Oc1cc(Cc2ccccc2)c(O)cc1NC(=O)NC(C)(C)C. The van der Waals surface area contributed by atoms with Crippen molar-refractivity contribution in [2.24, 2.45) is 0 Å². The molecule has 0 aliphatic heterocycles. The highest BCUT2D eigenvalue weighted by molar-refractivity contribution is 7.09. The number of rotatable bonds is 10. The van der Waals surface area contributed by atoms with Crippen molar-refractivity contribution in [3.63, 3.8) is 0 Å². The van der Waals surface area contributed by atoms with Crippen molar-refractivity contribution in [3.8, 4) is 11.5 Å². The van der Waals surface area contributed by atoms with Crippen molar-refractivity contribution < 1.29 is 19.4 Å². The Morgan fingerprint density at radius 2 is 1.89 bits per heavy atom. The Morgan fingerprint density at radius 1 is 1.14 bits per heavy atom. The number of benzene rings is 2. The van der Waals surface area contributed by atoms with Crippen molar-refractivity contribution in [2.45, 2.75) is 65.5 Å². The van der Waals surface area contributed by atoms with E-state index in [4.69, 9.17) is 4.74 Å². The number of ether oxygens (including phenoxy) is 1. The van der Waals surface area contributed by atoms with E-state index in [1.54, 1.807) is 22.7 Å². The molecule has 0 saturated heterocycles. The summed E-state index contributed by atoms with van der Waals surface area (Å²) in [5.74, 6) is 0.168. The number of carbonyl (C=O) groups is 2. The molecule has 2 aromatic carbocycles. The summed E-state index contributed by atoms with van der Waals surface area (Å²) in [5, 5.41) is 16.3. The van der Waals surface area contributed by atoms with Crippen LogP contribution >= 0.6 is 11.3 Å². The minimum atomic E-state index is -0.528. The third kappa shape index (κ3) is 9.09. The number of nitrogens with one attached hydrogen (secondary N) is 2. The number of carbonyl (C=O) groups excluding carboxylic acids is 2. The maximum atomic E-state index is 13.4. The summed E-state index contributed by atoms with van der Waals surface area (Å²) in [6.07, 6.45) is 4.52. The molecule has 0 fully saturated rings. The van der Waals surface area contributed by atoms with E-state index in [0.717, 1.165) is 29.7 Å². The number of hydrogen-bond acceptors (Lipinski definition) is 6. The monoisotopic (exact) mass is 524 g/mol. The summed E-state index contributed by atoms with van der Waals surface area (Å²) in [6, 6.07) is 12.3. The third-order valence-electron chi connectivity index (χ3n) is 5.47. The van der Waals surface area contributed by atoms with Crippen LogP contribution in [0.3, 0.4) is 0 Å². The van der Waals surface area contributed by atoms with Gasteiger partial charge in [0.15, 0.2) is 5.75 Å². The number of anilines is 1. The van der Waals surface area contributed by atoms with E-state index in [0.29, 0.717) is 25.1 Å². The second-order valence-electron chi connectivity index (χ2n) is 9.93. The largest absolute Gasteiger partial charge is 0.508 e. The summed E-state index contributed by atoms with van der Waals surface area (Å²) >= 11 is 1.48. The predicted octanol–water partition coefficient (Wildman–Crippen LogP) is 6.55. The van der Waals surface area contributed by atoms with Crippen LogP contribution in [0.2, 0.25) is 0 Å². The Kier molecular flexibility index (Phi) is 9.91. The Morgan fingerprint density at radius 3 is 2.54 bits per heavy atom. The number of unbranched alkanes of at least 4 members (excludes halogenated alkanes) is 2. The quantitative estimate of drug-likeness (QED) is 0.261. The fourth-order valence-electron chi connectivity index (χ4n) is 3.70. The van der Waals surface area contributed by atoms with E-state index in [1.807, 2.05) is 51.1 Å². The van der Waals surface area contributed by atoms with Crippen molar-refractivity contribution in [2.75, 3.05) is 11.9 Å². The second kappa shape index (κ2) is 13.1. The van der Waals surface area contributed by atoms with Crippen LogP contribution in [-0.4, -0.2) is 39.2 Å². The highest BCUT2D eigenvalue weighted by atomic mass is 32.1. The van der Waals surface area contributed by atoms with Gasteiger partial charge in [-0.1, -0.05) is 50.1 Å². The van der Waals surface area contributed by atoms with Crippen molar-refractivity contribution in [1.29, 1.82) is 0 Å². The molecule has 0 aliphatic carbocycles. The summed E-state index contributed by atoms with van der Waals surface area (Å²) in [7, 11) is 0. The van der Waals surface area contributed by atoms with E-state index in [-0.39, 0.29) is 17.2 Å². The topological polar surface area (TPSA) is 104 Å². The van der Waals surface area contributed by atoms with Gasteiger partial charge in [0.25, 0.3) is 0 Å². The van der Waals surface area contributed by atoms with Gasteiger partial charge in [-0.25, -0.2) is 9.59 Å². The van der Waals surface area contributed by atoms with Crippen LogP contribution in [0.15, 0.2) is 54.2 Å². The zero-order chi connectivity index (χ0) is 26.8. The molecule has 8 nitrogen and oxygen atoms in total. The highest BCUT2D eigenvalue weighted by Crippen LogP contribution is 2.34. The molecule has 0 radical (unpaired) electrons. The minimum Gasteiger partial charge on any atom is -0.508 e. The summed E-state index contributed by atoms with van der Waals surface area (Å²) in [6.45, 7) is 8.62. The normalized spacial score (nSPS) is 11.1. The molecule has 1 heterocycles. The Hall–Kier alpha value is -3.59. The van der Waals surface area contributed by atoms with Crippen LogP contribution in [0.5, 0.6) is 11.5 Å². The van der Waals surface area contributed by atoms with Crippen molar-refractivity contribution in [1.82, 2.24) is 15.2 Å². The van der Waals surface area contributed by atoms with Gasteiger partial charge in [-0.05, 0) is 38.8 Å². The molecule has 0 saturated carbocycles. The van der Waals surface area contributed by atoms with Crippen LogP contribution in [0, 0.1) is 0 Å². The average molecular weight is 525 g/mol. The molecule has 3 amide bonds. The second-order valence-corrected chi connectivity index (χ2v) is 10.9. The van der Waals surface area contributed by atoms with Crippen molar-refractivity contribution >= 4 is 29.1 Å². The van der Waals surface area contributed by atoms with Gasteiger partial charge in [-0.2, -0.15) is 0 Å². The number of nitrogens with zero attached hydrogens (tertiary/aromatic N) is 2. The molecule has 9 heteroatoms. The lowest BCUT2D eigenvalue weighted by Gasteiger charge is -2.24. The molecule has 198 valence electrons. The molecular weight excluding hydrogens is 488 g/mol. The van der Waals surface area contributed by atoms with Crippen molar-refractivity contribution in [3.05, 3.63) is 70.2 Å². The number of hydrogen-bond donors (Lipinski definition) is 3. The lowest BCUT2D eigenvalue weighted by Crippen LogP contribution is -2.43. The number of urea groups is 1. The van der Waals surface area contributed by atoms with Crippen LogP contribution in [0.1, 0.15) is 63.0 Å². The smallest absolute Gasteiger partial charge is 0.415 e. The number of amides is 3. The number of aromatic nitrogens is 1.